The summed E-state index contributed by atoms with van der Waals surface area (Å²) in [5, 5.41) is 22.9. The molecule has 164 valence electrons. The van der Waals surface area contributed by atoms with E-state index in [0.717, 1.165) is 5.56 Å². The number of hydrogen-bond donors (Lipinski definition) is 3. The van der Waals surface area contributed by atoms with E-state index in [1.807, 2.05) is 30.3 Å². The maximum atomic E-state index is 12.9. The minimum absolute atomic E-state index is 0.0747. The van der Waals surface area contributed by atoms with E-state index in [1.165, 1.54) is 21.1 Å². The Hall–Kier alpha value is -3.47. The van der Waals surface area contributed by atoms with E-state index in [9.17, 15) is 19.2 Å². The molecule has 1 atom stereocenters. The summed E-state index contributed by atoms with van der Waals surface area (Å²) in [6.07, 6.45) is -1.42. The highest BCUT2D eigenvalue weighted by Crippen LogP contribution is 2.23. The number of rotatable bonds is 7. The zero-order chi connectivity index (χ0) is 22.4. The number of piperazine rings is 1. The molecule has 1 aliphatic heterocycles. The van der Waals surface area contributed by atoms with Crippen molar-refractivity contribution in [2.75, 3.05) is 26.2 Å². The van der Waals surface area contributed by atoms with Gasteiger partial charge >= 0.3 is 12.1 Å². The van der Waals surface area contributed by atoms with Crippen LogP contribution in [0.15, 0.2) is 35.7 Å². The van der Waals surface area contributed by atoms with Gasteiger partial charge in [0, 0.05) is 43.5 Å². The van der Waals surface area contributed by atoms with Crippen molar-refractivity contribution in [3.63, 3.8) is 0 Å². The van der Waals surface area contributed by atoms with Crippen molar-refractivity contribution >= 4 is 35.2 Å². The second kappa shape index (κ2) is 10.0. The number of aromatic nitrogens is 1. The molecule has 1 aromatic heterocycles. The number of thiazole rings is 1. The Morgan fingerprint density at radius 2 is 1.68 bits per heavy atom. The van der Waals surface area contributed by atoms with Crippen LogP contribution in [-0.2, 0) is 9.59 Å². The number of hydrogen-bond acceptors (Lipinski definition) is 6. The van der Waals surface area contributed by atoms with Crippen LogP contribution in [0.5, 0.6) is 0 Å². The highest BCUT2D eigenvalue weighted by Gasteiger charge is 2.30. The number of carbonyl (C=O) groups excluding carboxylic acids is 2. The van der Waals surface area contributed by atoms with Gasteiger partial charge in [0.2, 0.25) is 5.91 Å². The van der Waals surface area contributed by atoms with E-state index < -0.39 is 29.9 Å². The summed E-state index contributed by atoms with van der Waals surface area (Å²) in [7, 11) is 0. The fraction of sp³-hybridized carbons (Fsp3) is 0.350. The smallest absolute Gasteiger partial charge is 0.407 e. The second-order valence-corrected chi connectivity index (χ2v) is 7.82. The number of aliphatic carboxylic acids is 1. The Morgan fingerprint density at radius 1 is 1.03 bits per heavy atom. The third-order valence-electron chi connectivity index (χ3n) is 4.87. The zero-order valence-electron chi connectivity index (χ0n) is 16.6. The lowest BCUT2D eigenvalue weighted by Crippen LogP contribution is -2.55. The van der Waals surface area contributed by atoms with Crippen molar-refractivity contribution in [3.05, 3.63) is 41.4 Å². The standard InChI is InChI=1S/C20H22N4O6S/c25-16(26)7-6-14(19(28)23-8-10-24(11-9-23)20(29)30)21-17(27)15-12-31-18(22-15)13-4-2-1-3-5-13/h1-5,12,14H,6-11H2,(H,21,27)(H,25,26)(H,29,30)/t14-/m0/s1. The van der Waals surface area contributed by atoms with Gasteiger partial charge in [0.1, 0.15) is 16.7 Å². The van der Waals surface area contributed by atoms with Gasteiger partial charge < -0.3 is 25.3 Å². The molecule has 1 aliphatic rings. The van der Waals surface area contributed by atoms with Crippen molar-refractivity contribution in [1.82, 2.24) is 20.1 Å². The fourth-order valence-electron chi connectivity index (χ4n) is 3.19. The Labute approximate surface area is 182 Å². The monoisotopic (exact) mass is 446 g/mol. The van der Waals surface area contributed by atoms with Crippen molar-refractivity contribution < 1.29 is 29.4 Å². The van der Waals surface area contributed by atoms with Crippen LogP contribution in [0.3, 0.4) is 0 Å². The van der Waals surface area contributed by atoms with Crippen LogP contribution >= 0.6 is 11.3 Å². The van der Waals surface area contributed by atoms with Crippen LogP contribution in [0.4, 0.5) is 4.79 Å². The summed E-state index contributed by atoms with van der Waals surface area (Å²) in [4.78, 5) is 54.7. The van der Waals surface area contributed by atoms with Crippen LogP contribution in [-0.4, -0.2) is 81.1 Å². The van der Waals surface area contributed by atoms with Gasteiger partial charge in [0.15, 0.2) is 0 Å². The van der Waals surface area contributed by atoms with Crippen molar-refractivity contribution in [1.29, 1.82) is 0 Å². The van der Waals surface area contributed by atoms with E-state index >= 15 is 0 Å². The minimum atomic E-state index is -1.08. The minimum Gasteiger partial charge on any atom is -0.481 e. The van der Waals surface area contributed by atoms with Crippen molar-refractivity contribution in [2.24, 2.45) is 0 Å². The topological polar surface area (TPSA) is 140 Å². The molecule has 3 amide bonds. The first-order valence-corrected chi connectivity index (χ1v) is 10.5. The number of nitrogens with zero attached hydrogens (tertiary/aromatic N) is 3. The summed E-state index contributed by atoms with van der Waals surface area (Å²) < 4.78 is 0. The summed E-state index contributed by atoms with van der Waals surface area (Å²) in [6.45, 7) is 0.680. The molecule has 10 nitrogen and oxygen atoms in total. The summed E-state index contributed by atoms with van der Waals surface area (Å²) in [5.74, 6) is -2.08. The molecule has 1 saturated heterocycles. The van der Waals surface area contributed by atoms with Gasteiger partial charge in [0.25, 0.3) is 5.91 Å². The lowest BCUT2D eigenvalue weighted by molar-refractivity contribution is -0.138. The predicted octanol–water partition coefficient (Wildman–Crippen LogP) is 1.60. The fourth-order valence-corrected chi connectivity index (χ4v) is 3.99. The molecule has 1 fully saturated rings. The summed E-state index contributed by atoms with van der Waals surface area (Å²) in [5.41, 5.74) is 1.01. The number of carboxylic acid groups (broad SMARTS) is 2. The Bertz CT molecular complexity index is 956. The van der Waals surface area contributed by atoms with Crippen LogP contribution in [0.25, 0.3) is 10.6 Å². The zero-order valence-corrected chi connectivity index (χ0v) is 17.4. The van der Waals surface area contributed by atoms with Gasteiger partial charge in [-0.1, -0.05) is 30.3 Å². The van der Waals surface area contributed by atoms with Gasteiger partial charge in [0.05, 0.1) is 0 Å². The third-order valence-corrected chi connectivity index (χ3v) is 5.76. The van der Waals surface area contributed by atoms with E-state index in [-0.39, 0.29) is 44.7 Å². The van der Waals surface area contributed by atoms with Gasteiger partial charge in [-0.05, 0) is 6.42 Å². The van der Waals surface area contributed by atoms with Crippen molar-refractivity contribution in [2.45, 2.75) is 18.9 Å². The molecular weight excluding hydrogens is 424 g/mol. The van der Waals surface area contributed by atoms with E-state index in [1.54, 1.807) is 5.38 Å². The Balaban J connectivity index is 1.68. The largest absolute Gasteiger partial charge is 0.481 e. The molecule has 2 aromatic rings. The molecule has 0 radical (unpaired) electrons. The molecule has 0 saturated carbocycles. The summed E-state index contributed by atoms with van der Waals surface area (Å²) >= 11 is 1.29. The average Bonchev–Trinajstić information content (AvgIpc) is 3.27. The molecular formula is C20H22N4O6S. The molecule has 0 unspecified atom stereocenters. The average molecular weight is 446 g/mol. The first kappa shape index (κ1) is 22.2. The maximum Gasteiger partial charge on any atom is 0.407 e. The van der Waals surface area contributed by atoms with E-state index in [0.29, 0.717) is 5.01 Å². The number of nitrogens with one attached hydrogen (secondary N) is 1. The highest BCUT2D eigenvalue weighted by molar-refractivity contribution is 7.13. The molecule has 11 heteroatoms. The van der Waals surface area contributed by atoms with Crippen LogP contribution in [0, 0.1) is 0 Å². The first-order chi connectivity index (χ1) is 14.8. The molecule has 0 aliphatic carbocycles. The Morgan fingerprint density at radius 3 is 2.29 bits per heavy atom. The number of benzene rings is 1. The second-order valence-electron chi connectivity index (χ2n) is 6.96. The van der Waals surface area contributed by atoms with E-state index in [4.69, 9.17) is 10.2 Å². The van der Waals surface area contributed by atoms with Crippen LogP contribution in [0.2, 0.25) is 0 Å². The van der Waals surface area contributed by atoms with Gasteiger partial charge in [-0.3, -0.25) is 14.4 Å². The molecule has 3 rings (SSSR count). The molecule has 2 heterocycles. The third kappa shape index (κ3) is 5.79. The predicted molar refractivity (Wildman–Crippen MR) is 112 cm³/mol. The molecule has 1 aromatic carbocycles. The lowest BCUT2D eigenvalue weighted by Gasteiger charge is -2.35. The molecule has 0 bridgehead atoms. The lowest BCUT2D eigenvalue weighted by atomic mass is 10.1. The highest BCUT2D eigenvalue weighted by atomic mass is 32.1. The van der Waals surface area contributed by atoms with Crippen LogP contribution < -0.4 is 5.32 Å². The van der Waals surface area contributed by atoms with Gasteiger partial charge in [-0.25, -0.2) is 9.78 Å². The molecule has 0 spiro atoms. The van der Waals surface area contributed by atoms with E-state index in [2.05, 4.69) is 10.3 Å². The maximum absolute atomic E-state index is 12.9. The van der Waals surface area contributed by atoms with Gasteiger partial charge in [-0.15, -0.1) is 11.3 Å². The summed E-state index contributed by atoms with van der Waals surface area (Å²) in [6, 6.07) is 8.30. The normalized spacial score (nSPS) is 14.7. The van der Waals surface area contributed by atoms with Crippen molar-refractivity contribution in [3.8, 4) is 10.6 Å². The Kier molecular flexibility index (Phi) is 7.19. The van der Waals surface area contributed by atoms with Crippen LogP contribution in [0.1, 0.15) is 23.3 Å². The molecule has 3 N–H and O–H groups in total. The number of amides is 3. The quantitative estimate of drug-likeness (QED) is 0.587. The van der Waals surface area contributed by atoms with Gasteiger partial charge in [-0.2, -0.15) is 0 Å². The molecule has 31 heavy (non-hydrogen) atoms. The number of carbonyl (C=O) groups is 4. The first-order valence-electron chi connectivity index (χ1n) is 9.65. The SMILES string of the molecule is O=C(O)CC[C@H](NC(=O)c1csc(-c2ccccc2)n1)C(=O)N1CCN(C(=O)O)CC1. The number of carboxylic acids is 1.